The summed E-state index contributed by atoms with van der Waals surface area (Å²) in [5, 5.41) is 0. The van der Waals surface area contributed by atoms with E-state index in [0.717, 1.165) is 19.6 Å². The van der Waals surface area contributed by atoms with Crippen LogP contribution in [0.1, 0.15) is 44.1 Å². The Morgan fingerprint density at radius 1 is 1.14 bits per heavy atom. The van der Waals surface area contributed by atoms with Crippen molar-refractivity contribution in [3.05, 3.63) is 35.9 Å². The Bertz CT molecular complexity index is 452. The number of amides is 1. The Morgan fingerprint density at radius 3 is 2.32 bits per heavy atom. The van der Waals surface area contributed by atoms with Gasteiger partial charge in [-0.1, -0.05) is 43.2 Å². The number of benzene rings is 1. The molecule has 1 amide bonds. The third-order valence-corrected chi connectivity index (χ3v) is 4.81. The zero-order valence-electron chi connectivity index (χ0n) is 14.3. The van der Waals surface area contributed by atoms with Gasteiger partial charge in [0.15, 0.2) is 0 Å². The number of hydrogen-bond acceptors (Lipinski definition) is 2. The topological polar surface area (TPSA) is 23.6 Å². The minimum Gasteiger partial charge on any atom is -0.341 e. The molecule has 1 saturated carbocycles. The van der Waals surface area contributed by atoms with E-state index >= 15 is 0 Å². The molecule has 0 saturated heterocycles. The average Bonchev–Trinajstić information content (AvgIpc) is 3.03. The van der Waals surface area contributed by atoms with E-state index < -0.39 is 0 Å². The molecular formula is C19H30N2O. The van der Waals surface area contributed by atoms with Crippen LogP contribution in [0, 0.1) is 5.92 Å². The van der Waals surface area contributed by atoms with Crippen molar-refractivity contribution in [2.24, 2.45) is 5.92 Å². The Labute approximate surface area is 135 Å². The molecule has 0 spiro atoms. The van der Waals surface area contributed by atoms with Gasteiger partial charge in [-0.3, -0.25) is 4.79 Å². The van der Waals surface area contributed by atoms with Gasteiger partial charge in [0.25, 0.3) is 0 Å². The van der Waals surface area contributed by atoms with Gasteiger partial charge < -0.3 is 9.80 Å². The Balaban J connectivity index is 2.17. The van der Waals surface area contributed by atoms with Crippen molar-refractivity contribution in [2.75, 3.05) is 33.7 Å². The second-order valence-electron chi connectivity index (χ2n) is 6.65. The standard InChI is InChI=1S/C19H30N2O/c1-4-21(15-14-20(2)3)19(22)18(17-12-8-9-13-17)16-10-6-5-7-11-16/h5-7,10-11,17-18H,4,8-9,12-15H2,1-3H3. The summed E-state index contributed by atoms with van der Waals surface area (Å²) in [7, 11) is 4.12. The summed E-state index contributed by atoms with van der Waals surface area (Å²) in [6.45, 7) is 4.62. The number of carbonyl (C=O) groups is 1. The average molecular weight is 302 g/mol. The maximum atomic E-state index is 13.2. The molecule has 2 rings (SSSR count). The molecule has 0 heterocycles. The monoisotopic (exact) mass is 302 g/mol. The number of nitrogens with zero attached hydrogens (tertiary/aromatic N) is 2. The zero-order chi connectivity index (χ0) is 15.9. The molecule has 3 heteroatoms. The molecule has 0 N–H and O–H groups in total. The lowest BCUT2D eigenvalue weighted by molar-refractivity contribution is -0.134. The highest BCUT2D eigenvalue weighted by Crippen LogP contribution is 2.38. The first-order chi connectivity index (χ1) is 10.6. The van der Waals surface area contributed by atoms with Crippen LogP contribution < -0.4 is 0 Å². The van der Waals surface area contributed by atoms with E-state index in [1.807, 2.05) is 11.0 Å². The van der Waals surface area contributed by atoms with Gasteiger partial charge >= 0.3 is 0 Å². The lowest BCUT2D eigenvalue weighted by Gasteiger charge is -2.30. The predicted octanol–water partition coefficient (Wildman–Crippen LogP) is 3.37. The Morgan fingerprint density at radius 2 is 1.77 bits per heavy atom. The van der Waals surface area contributed by atoms with Crippen LogP contribution in [0.4, 0.5) is 0 Å². The predicted molar refractivity (Wildman–Crippen MR) is 91.9 cm³/mol. The first kappa shape index (κ1) is 17.0. The molecule has 1 atom stereocenters. The molecule has 0 bridgehead atoms. The summed E-state index contributed by atoms with van der Waals surface area (Å²) >= 11 is 0. The van der Waals surface area contributed by atoms with Crippen LogP contribution in [0.2, 0.25) is 0 Å². The van der Waals surface area contributed by atoms with Crippen LogP contribution in [-0.4, -0.2) is 49.4 Å². The molecule has 1 aliphatic rings. The van der Waals surface area contributed by atoms with E-state index in [0.29, 0.717) is 11.8 Å². The molecule has 22 heavy (non-hydrogen) atoms. The van der Waals surface area contributed by atoms with E-state index in [1.165, 1.54) is 31.2 Å². The first-order valence-corrected chi connectivity index (χ1v) is 8.62. The molecule has 0 aliphatic heterocycles. The highest BCUT2D eigenvalue weighted by Gasteiger charge is 2.34. The summed E-state index contributed by atoms with van der Waals surface area (Å²) in [5.41, 5.74) is 1.20. The van der Waals surface area contributed by atoms with Crippen molar-refractivity contribution < 1.29 is 4.79 Å². The normalized spacial score (nSPS) is 16.9. The fourth-order valence-electron chi connectivity index (χ4n) is 3.51. The van der Waals surface area contributed by atoms with Gasteiger partial charge in [0.05, 0.1) is 5.92 Å². The van der Waals surface area contributed by atoms with E-state index in [-0.39, 0.29) is 5.92 Å². The molecular weight excluding hydrogens is 272 g/mol. The fourth-order valence-corrected chi connectivity index (χ4v) is 3.51. The third kappa shape index (κ3) is 4.33. The molecule has 122 valence electrons. The van der Waals surface area contributed by atoms with Crippen LogP contribution in [0.3, 0.4) is 0 Å². The minimum atomic E-state index is 0.0470. The Kier molecular flexibility index (Phi) is 6.44. The molecule has 1 unspecified atom stereocenters. The second kappa shape index (κ2) is 8.33. The number of hydrogen-bond donors (Lipinski definition) is 0. The van der Waals surface area contributed by atoms with Gasteiger partial charge in [-0.25, -0.2) is 0 Å². The number of likely N-dealkylation sites (N-methyl/N-ethyl adjacent to an activating group) is 2. The second-order valence-corrected chi connectivity index (χ2v) is 6.65. The van der Waals surface area contributed by atoms with Crippen LogP contribution >= 0.6 is 0 Å². The number of carbonyl (C=O) groups excluding carboxylic acids is 1. The van der Waals surface area contributed by atoms with Crippen molar-refractivity contribution in [2.45, 2.75) is 38.5 Å². The van der Waals surface area contributed by atoms with Gasteiger partial charge in [-0.05, 0) is 45.3 Å². The summed E-state index contributed by atoms with van der Waals surface area (Å²) in [6, 6.07) is 10.4. The van der Waals surface area contributed by atoms with Crippen LogP contribution in [-0.2, 0) is 4.79 Å². The molecule has 1 aromatic carbocycles. The summed E-state index contributed by atoms with van der Waals surface area (Å²) in [5.74, 6) is 0.886. The molecule has 1 aromatic rings. The van der Waals surface area contributed by atoms with Crippen molar-refractivity contribution in [1.29, 1.82) is 0 Å². The van der Waals surface area contributed by atoms with E-state index in [2.05, 4.69) is 50.2 Å². The summed E-state index contributed by atoms with van der Waals surface area (Å²) in [6.07, 6.45) is 4.92. The van der Waals surface area contributed by atoms with Gasteiger partial charge in [-0.2, -0.15) is 0 Å². The zero-order valence-corrected chi connectivity index (χ0v) is 14.3. The van der Waals surface area contributed by atoms with Gasteiger partial charge in [-0.15, -0.1) is 0 Å². The fraction of sp³-hybridized carbons (Fsp3) is 0.632. The summed E-state index contributed by atoms with van der Waals surface area (Å²) < 4.78 is 0. The van der Waals surface area contributed by atoms with E-state index in [4.69, 9.17) is 0 Å². The van der Waals surface area contributed by atoms with Crippen molar-refractivity contribution >= 4 is 5.91 Å². The Hall–Kier alpha value is -1.35. The lowest BCUT2D eigenvalue weighted by Crippen LogP contribution is -2.41. The van der Waals surface area contributed by atoms with Gasteiger partial charge in [0.1, 0.15) is 0 Å². The van der Waals surface area contributed by atoms with Crippen LogP contribution in [0.15, 0.2) is 30.3 Å². The van der Waals surface area contributed by atoms with Crippen molar-refractivity contribution in [3.63, 3.8) is 0 Å². The number of rotatable bonds is 7. The van der Waals surface area contributed by atoms with Crippen LogP contribution in [0.5, 0.6) is 0 Å². The van der Waals surface area contributed by atoms with Gasteiger partial charge in [0, 0.05) is 19.6 Å². The molecule has 1 aliphatic carbocycles. The molecule has 3 nitrogen and oxygen atoms in total. The maximum absolute atomic E-state index is 13.2. The lowest BCUT2D eigenvalue weighted by atomic mass is 9.83. The molecule has 0 aromatic heterocycles. The van der Waals surface area contributed by atoms with E-state index in [1.54, 1.807) is 0 Å². The van der Waals surface area contributed by atoms with Gasteiger partial charge in [0.2, 0.25) is 5.91 Å². The highest BCUT2D eigenvalue weighted by molar-refractivity contribution is 5.84. The van der Waals surface area contributed by atoms with Crippen LogP contribution in [0.25, 0.3) is 0 Å². The van der Waals surface area contributed by atoms with Crippen molar-refractivity contribution in [3.8, 4) is 0 Å². The largest absolute Gasteiger partial charge is 0.341 e. The highest BCUT2D eigenvalue weighted by atomic mass is 16.2. The van der Waals surface area contributed by atoms with Crippen molar-refractivity contribution in [1.82, 2.24) is 9.80 Å². The first-order valence-electron chi connectivity index (χ1n) is 8.62. The molecule has 0 radical (unpaired) electrons. The molecule has 1 fully saturated rings. The third-order valence-electron chi connectivity index (χ3n) is 4.81. The smallest absolute Gasteiger partial charge is 0.230 e. The van der Waals surface area contributed by atoms with E-state index in [9.17, 15) is 4.79 Å². The quantitative estimate of drug-likeness (QED) is 0.771. The minimum absolute atomic E-state index is 0.0470. The maximum Gasteiger partial charge on any atom is 0.230 e. The SMILES string of the molecule is CCN(CCN(C)C)C(=O)C(c1ccccc1)C1CCCC1. The summed E-state index contributed by atoms with van der Waals surface area (Å²) in [4.78, 5) is 17.4.